The molecule has 16 heavy (non-hydrogen) atoms. The minimum atomic E-state index is -4.38. The second-order valence-corrected chi connectivity index (χ2v) is 3.32. The fourth-order valence-electron chi connectivity index (χ4n) is 1.44. The first kappa shape index (κ1) is 10.9. The lowest BCUT2D eigenvalue weighted by atomic mass is 10.1. The van der Waals surface area contributed by atoms with Crippen molar-refractivity contribution in [2.45, 2.75) is 12.1 Å². The van der Waals surface area contributed by atoms with E-state index in [-0.39, 0.29) is 5.69 Å². The first-order valence-corrected chi connectivity index (χ1v) is 4.59. The van der Waals surface area contributed by atoms with Crippen LogP contribution in [-0.4, -0.2) is 27.3 Å². The molecule has 0 aliphatic rings. The van der Waals surface area contributed by atoms with Crippen LogP contribution in [0.4, 0.5) is 13.2 Å². The van der Waals surface area contributed by atoms with Crippen molar-refractivity contribution in [2.24, 2.45) is 5.73 Å². The van der Waals surface area contributed by atoms with Crippen LogP contribution in [0.1, 0.15) is 11.6 Å². The molecule has 0 bridgehead atoms. The number of halogens is 3. The van der Waals surface area contributed by atoms with Gasteiger partial charge < -0.3 is 5.73 Å². The van der Waals surface area contributed by atoms with E-state index >= 15 is 0 Å². The van der Waals surface area contributed by atoms with Crippen molar-refractivity contribution in [3.05, 3.63) is 30.2 Å². The summed E-state index contributed by atoms with van der Waals surface area (Å²) in [6.45, 7) is -0.520. The summed E-state index contributed by atoms with van der Waals surface area (Å²) in [5.41, 5.74) is 5.40. The van der Waals surface area contributed by atoms with Gasteiger partial charge in [0.25, 0.3) is 0 Å². The van der Waals surface area contributed by atoms with E-state index in [4.69, 9.17) is 5.73 Å². The first-order chi connectivity index (χ1) is 7.52. The molecule has 0 amide bonds. The van der Waals surface area contributed by atoms with Gasteiger partial charge in [0.1, 0.15) is 5.92 Å². The van der Waals surface area contributed by atoms with Crippen molar-refractivity contribution in [3.63, 3.8) is 0 Å². The Balaban J connectivity index is 2.46. The second-order valence-electron chi connectivity index (χ2n) is 3.32. The SMILES string of the molecule is NCC(c1cc2ncccn2n1)C(F)(F)F. The zero-order valence-electron chi connectivity index (χ0n) is 8.15. The third kappa shape index (κ3) is 1.85. The number of rotatable bonds is 2. The van der Waals surface area contributed by atoms with E-state index < -0.39 is 18.6 Å². The highest BCUT2D eigenvalue weighted by molar-refractivity contribution is 5.39. The number of nitrogens with zero attached hydrogens (tertiary/aromatic N) is 3. The van der Waals surface area contributed by atoms with Crippen LogP contribution < -0.4 is 5.73 Å². The Morgan fingerprint density at radius 3 is 2.75 bits per heavy atom. The van der Waals surface area contributed by atoms with Gasteiger partial charge in [-0.05, 0) is 6.07 Å². The molecule has 0 fully saturated rings. The standard InChI is InChI=1S/C9H9F3N4/c10-9(11,12)6(5-13)7-4-8-14-2-1-3-16(8)15-7/h1-4,6H,5,13H2. The van der Waals surface area contributed by atoms with E-state index in [0.717, 1.165) is 0 Å². The molecule has 2 heterocycles. The fourth-order valence-corrected chi connectivity index (χ4v) is 1.44. The molecule has 2 aromatic heterocycles. The van der Waals surface area contributed by atoms with Crippen LogP contribution >= 0.6 is 0 Å². The van der Waals surface area contributed by atoms with Gasteiger partial charge in [-0.2, -0.15) is 18.3 Å². The average molecular weight is 230 g/mol. The first-order valence-electron chi connectivity index (χ1n) is 4.59. The Bertz CT molecular complexity index is 458. The molecule has 0 aliphatic heterocycles. The van der Waals surface area contributed by atoms with Crippen molar-refractivity contribution in [2.75, 3.05) is 6.54 Å². The van der Waals surface area contributed by atoms with Crippen molar-refractivity contribution in [3.8, 4) is 0 Å². The number of alkyl halides is 3. The third-order valence-corrected chi connectivity index (χ3v) is 2.24. The zero-order valence-corrected chi connectivity index (χ0v) is 8.15. The molecule has 4 nitrogen and oxygen atoms in total. The molecule has 7 heteroatoms. The average Bonchev–Trinajstić information content (AvgIpc) is 2.59. The Morgan fingerprint density at radius 2 is 2.19 bits per heavy atom. The van der Waals surface area contributed by atoms with E-state index in [9.17, 15) is 13.2 Å². The van der Waals surface area contributed by atoms with Gasteiger partial charge in [-0.25, -0.2) is 9.50 Å². The predicted molar refractivity (Wildman–Crippen MR) is 50.8 cm³/mol. The molecule has 2 N–H and O–H groups in total. The van der Waals surface area contributed by atoms with Crippen molar-refractivity contribution in [1.29, 1.82) is 0 Å². The summed E-state index contributed by atoms with van der Waals surface area (Å²) in [5, 5.41) is 3.80. The number of fused-ring (bicyclic) bond motifs is 1. The van der Waals surface area contributed by atoms with Gasteiger partial charge >= 0.3 is 6.18 Å². The lowest BCUT2D eigenvalue weighted by Gasteiger charge is -2.15. The minimum Gasteiger partial charge on any atom is -0.329 e. The molecule has 2 rings (SSSR count). The highest BCUT2D eigenvalue weighted by Crippen LogP contribution is 2.33. The summed E-state index contributed by atoms with van der Waals surface area (Å²) in [7, 11) is 0. The molecular weight excluding hydrogens is 221 g/mol. The van der Waals surface area contributed by atoms with Gasteiger partial charge in [-0.3, -0.25) is 0 Å². The Morgan fingerprint density at radius 1 is 1.44 bits per heavy atom. The van der Waals surface area contributed by atoms with Crippen LogP contribution in [0.2, 0.25) is 0 Å². The number of hydrogen-bond donors (Lipinski definition) is 1. The van der Waals surface area contributed by atoms with Crippen LogP contribution in [-0.2, 0) is 0 Å². The molecule has 1 atom stereocenters. The highest BCUT2D eigenvalue weighted by Gasteiger charge is 2.41. The third-order valence-electron chi connectivity index (χ3n) is 2.24. The summed E-state index contributed by atoms with van der Waals surface area (Å²) < 4.78 is 39.1. The highest BCUT2D eigenvalue weighted by atomic mass is 19.4. The van der Waals surface area contributed by atoms with Gasteiger partial charge in [0.15, 0.2) is 5.65 Å². The Labute approximate surface area is 88.9 Å². The zero-order chi connectivity index (χ0) is 11.8. The van der Waals surface area contributed by atoms with Gasteiger partial charge in [-0.1, -0.05) is 0 Å². The molecule has 2 aromatic rings. The predicted octanol–water partition coefficient (Wildman–Crippen LogP) is 1.33. The van der Waals surface area contributed by atoms with Crippen molar-refractivity contribution in [1.82, 2.24) is 14.6 Å². The van der Waals surface area contributed by atoms with Crippen molar-refractivity contribution >= 4 is 5.65 Å². The van der Waals surface area contributed by atoms with E-state index in [1.165, 1.54) is 23.0 Å². The van der Waals surface area contributed by atoms with E-state index in [2.05, 4.69) is 10.1 Å². The normalized spacial score (nSPS) is 14.2. The van der Waals surface area contributed by atoms with Gasteiger partial charge in [-0.15, -0.1) is 0 Å². The van der Waals surface area contributed by atoms with Crippen LogP contribution in [0.25, 0.3) is 5.65 Å². The molecular formula is C9H9F3N4. The van der Waals surface area contributed by atoms with Gasteiger partial charge in [0.2, 0.25) is 0 Å². The summed E-state index contributed by atoms with van der Waals surface area (Å²) in [5.74, 6) is -1.74. The maximum absolute atomic E-state index is 12.6. The largest absolute Gasteiger partial charge is 0.398 e. The molecule has 0 radical (unpaired) electrons. The molecule has 86 valence electrons. The monoisotopic (exact) mass is 230 g/mol. The second kappa shape index (κ2) is 3.75. The van der Waals surface area contributed by atoms with E-state index in [1.807, 2.05) is 0 Å². The summed E-state index contributed by atoms with van der Waals surface area (Å²) in [4.78, 5) is 3.89. The summed E-state index contributed by atoms with van der Waals surface area (Å²) in [6.07, 6.45) is -1.35. The smallest absolute Gasteiger partial charge is 0.329 e. The number of nitrogens with two attached hydrogens (primary N) is 1. The number of aromatic nitrogens is 3. The van der Waals surface area contributed by atoms with Crippen LogP contribution in [0, 0.1) is 0 Å². The van der Waals surface area contributed by atoms with E-state index in [1.54, 1.807) is 6.07 Å². The Kier molecular flexibility index (Phi) is 2.55. The lowest BCUT2D eigenvalue weighted by Crippen LogP contribution is -2.28. The fraction of sp³-hybridized carbons (Fsp3) is 0.333. The molecule has 0 saturated heterocycles. The van der Waals surface area contributed by atoms with Crippen molar-refractivity contribution < 1.29 is 13.2 Å². The van der Waals surface area contributed by atoms with Crippen LogP contribution in [0.15, 0.2) is 24.5 Å². The molecule has 0 aliphatic carbocycles. The molecule has 1 unspecified atom stereocenters. The topological polar surface area (TPSA) is 56.2 Å². The molecule has 0 spiro atoms. The Hall–Kier alpha value is -1.63. The van der Waals surface area contributed by atoms with Gasteiger partial charge in [0, 0.05) is 25.0 Å². The minimum absolute atomic E-state index is 0.103. The quantitative estimate of drug-likeness (QED) is 0.846. The van der Waals surface area contributed by atoms with Crippen LogP contribution in [0.3, 0.4) is 0 Å². The maximum Gasteiger partial charge on any atom is 0.398 e. The lowest BCUT2D eigenvalue weighted by molar-refractivity contribution is -0.148. The summed E-state index contributed by atoms with van der Waals surface area (Å²) >= 11 is 0. The van der Waals surface area contributed by atoms with Gasteiger partial charge in [0.05, 0.1) is 5.69 Å². The summed E-state index contributed by atoms with van der Waals surface area (Å²) in [6, 6.07) is 2.89. The molecule has 0 saturated carbocycles. The maximum atomic E-state index is 12.6. The molecule has 0 aromatic carbocycles. The van der Waals surface area contributed by atoms with E-state index in [0.29, 0.717) is 5.65 Å². The van der Waals surface area contributed by atoms with Crippen LogP contribution in [0.5, 0.6) is 0 Å². The number of hydrogen-bond acceptors (Lipinski definition) is 3.